The number of rotatable bonds is 3. The second kappa shape index (κ2) is 5.95. The maximum absolute atomic E-state index is 5.09. The summed E-state index contributed by atoms with van der Waals surface area (Å²) in [7, 11) is 1.66. The summed E-state index contributed by atoms with van der Waals surface area (Å²) in [4.78, 5) is 0. The van der Waals surface area contributed by atoms with E-state index in [9.17, 15) is 0 Å². The lowest BCUT2D eigenvalue weighted by atomic mass is 10.2. The van der Waals surface area contributed by atoms with Crippen molar-refractivity contribution in [2.24, 2.45) is 5.92 Å². The Labute approximate surface area is 93.3 Å². The van der Waals surface area contributed by atoms with Crippen molar-refractivity contribution < 1.29 is 4.74 Å². The summed E-state index contributed by atoms with van der Waals surface area (Å²) in [5.74, 6) is 0.481. The third-order valence-electron chi connectivity index (χ3n) is 1.11. The molecular weight excluding hydrogens is 359 g/mol. The van der Waals surface area contributed by atoms with Crippen LogP contribution >= 0.6 is 52.2 Å². The molecule has 1 nitrogen and oxygen atoms in total. The molecule has 0 aliphatic carbocycles. The summed E-state index contributed by atoms with van der Waals surface area (Å²) in [6, 6.07) is 0. The fourth-order valence-corrected chi connectivity index (χ4v) is 7.05. The van der Waals surface area contributed by atoms with E-state index in [1.54, 1.807) is 7.11 Å². The molecule has 5 heteroatoms. The van der Waals surface area contributed by atoms with Crippen LogP contribution in [0, 0.1) is 5.92 Å². The smallest absolute Gasteiger partial charge is 0.167 e. The van der Waals surface area contributed by atoms with Crippen LogP contribution in [0.4, 0.5) is 0 Å². The van der Waals surface area contributed by atoms with E-state index >= 15 is 0 Å². The zero-order valence-electron chi connectivity index (χ0n) is 6.57. The van der Waals surface area contributed by atoms with Crippen LogP contribution in [0.5, 0.6) is 0 Å². The lowest BCUT2D eigenvalue weighted by Crippen LogP contribution is -1.92. The van der Waals surface area contributed by atoms with Gasteiger partial charge in [0.15, 0.2) is 4.67 Å². The largest absolute Gasteiger partial charge is 0.490 e. The van der Waals surface area contributed by atoms with Crippen LogP contribution in [-0.4, -0.2) is 7.11 Å². The van der Waals surface area contributed by atoms with E-state index in [1.807, 2.05) is 0 Å². The minimum absolute atomic E-state index is 0.416. The normalized spacial score (nSPS) is 13.8. The Morgan fingerprint density at radius 3 is 1.91 bits per heavy atom. The van der Waals surface area contributed by atoms with Crippen LogP contribution in [0.25, 0.3) is 0 Å². The summed E-state index contributed by atoms with van der Waals surface area (Å²) in [5.41, 5.74) is 0. The molecule has 0 atom stereocenters. The summed E-state index contributed by atoms with van der Waals surface area (Å²) in [6.45, 7) is 4.26. The van der Waals surface area contributed by atoms with Gasteiger partial charge in [0, 0.05) is 5.31 Å². The molecule has 0 aliphatic rings. The second-order valence-corrected chi connectivity index (χ2v) is 11.0. The molecular formula is C6H10Br3OP. The molecule has 0 saturated heterocycles. The number of allylic oxidation sites excluding steroid dienone is 1. The zero-order chi connectivity index (χ0) is 9.02. The number of ether oxygens (including phenoxy) is 1. The van der Waals surface area contributed by atoms with Crippen molar-refractivity contribution in [3.8, 4) is 0 Å². The zero-order valence-corrected chi connectivity index (χ0v) is 12.2. The van der Waals surface area contributed by atoms with E-state index in [0.717, 1.165) is 4.67 Å². The first kappa shape index (κ1) is 12.4. The van der Waals surface area contributed by atoms with Crippen LogP contribution in [0.15, 0.2) is 9.98 Å². The van der Waals surface area contributed by atoms with Gasteiger partial charge in [-0.15, -0.1) is 0 Å². The predicted molar refractivity (Wildman–Crippen MR) is 62.6 cm³/mol. The van der Waals surface area contributed by atoms with Crippen molar-refractivity contribution in [3.63, 3.8) is 0 Å². The molecule has 0 rings (SSSR count). The van der Waals surface area contributed by atoms with Gasteiger partial charge in [-0.2, -0.15) is 0 Å². The van der Waals surface area contributed by atoms with Crippen LogP contribution in [0.3, 0.4) is 0 Å². The van der Waals surface area contributed by atoms with Gasteiger partial charge >= 0.3 is 0 Å². The third-order valence-corrected chi connectivity index (χ3v) is 5.54. The Bertz CT molecular complexity index is 146. The standard InChI is InChI=1S/C6H10Br3OP/c1-4(2)5(11(8)9)6(7)10-3/h4H,1-3H3/b6-5+. The topological polar surface area (TPSA) is 9.23 Å². The van der Waals surface area contributed by atoms with Crippen LogP contribution in [-0.2, 0) is 4.74 Å². The highest BCUT2D eigenvalue weighted by molar-refractivity contribution is 9.70. The lowest BCUT2D eigenvalue weighted by Gasteiger charge is -2.14. The lowest BCUT2D eigenvalue weighted by molar-refractivity contribution is 0.323. The molecule has 0 bridgehead atoms. The minimum atomic E-state index is -0.416. The van der Waals surface area contributed by atoms with Gasteiger partial charge < -0.3 is 4.74 Å². The fraction of sp³-hybridized carbons (Fsp3) is 0.667. The average molecular weight is 369 g/mol. The van der Waals surface area contributed by atoms with E-state index in [4.69, 9.17) is 4.74 Å². The Morgan fingerprint density at radius 2 is 1.82 bits per heavy atom. The minimum Gasteiger partial charge on any atom is -0.490 e. The van der Waals surface area contributed by atoms with Crippen LogP contribution in [0.1, 0.15) is 13.8 Å². The molecule has 0 aromatic carbocycles. The molecule has 0 fully saturated rings. The van der Waals surface area contributed by atoms with Gasteiger partial charge in [0.1, 0.15) is 0 Å². The SMILES string of the molecule is CO/C(Br)=C(\C(C)C)P(Br)Br. The first-order chi connectivity index (χ1) is 5.00. The van der Waals surface area contributed by atoms with Crippen molar-refractivity contribution in [1.82, 2.24) is 0 Å². The van der Waals surface area contributed by atoms with E-state index in [1.165, 1.54) is 5.31 Å². The molecule has 0 unspecified atom stereocenters. The molecule has 0 heterocycles. The van der Waals surface area contributed by atoms with Crippen molar-refractivity contribution >= 4 is 52.2 Å². The van der Waals surface area contributed by atoms with Crippen LogP contribution in [0.2, 0.25) is 0 Å². The molecule has 0 aromatic heterocycles. The second-order valence-electron chi connectivity index (χ2n) is 2.25. The van der Waals surface area contributed by atoms with Gasteiger partial charge in [-0.05, 0) is 52.8 Å². The molecule has 66 valence electrons. The maximum atomic E-state index is 5.09. The number of hydrogen-bond acceptors (Lipinski definition) is 1. The van der Waals surface area contributed by atoms with Crippen molar-refractivity contribution in [2.45, 2.75) is 13.8 Å². The fourth-order valence-electron chi connectivity index (χ4n) is 0.593. The Balaban J connectivity index is 4.58. The van der Waals surface area contributed by atoms with E-state index in [-0.39, 0.29) is 0 Å². The summed E-state index contributed by atoms with van der Waals surface area (Å²) in [5, 5.41) is 0.823. The molecule has 0 spiro atoms. The summed E-state index contributed by atoms with van der Waals surface area (Å²) < 4.78 is 5.91. The molecule has 0 radical (unpaired) electrons. The first-order valence-corrected chi connectivity index (χ1v) is 9.23. The maximum Gasteiger partial charge on any atom is 0.167 e. The Kier molecular flexibility index (Phi) is 6.72. The van der Waals surface area contributed by atoms with Crippen molar-refractivity contribution in [1.29, 1.82) is 0 Å². The molecule has 0 aliphatic heterocycles. The Morgan fingerprint density at radius 1 is 1.36 bits per heavy atom. The highest BCUT2D eigenvalue weighted by Crippen LogP contribution is 2.63. The monoisotopic (exact) mass is 366 g/mol. The third kappa shape index (κ3) is 4.25. The van der Waals surface area contributed by atoms with E-state index < -0.39 is 5.33 Å². The van der Waals surface area contributed by atoms with Gasteiger partial charge in [0.25, 0.3) is 0 Å². The number of methoxy groups -OCH3 is 1. The molecule has 0 amide bonds. The number of halogens is 3. The summed E-state index contributed by atoms with van der Waals surface area (Å²) >= 11 is 10.4. The molecule has 11 heavy (non-hydrogen) atoms. The molecule has 0 saturated carbocycles. The quantitative estimate of drug-likeness (QED) is 0.505. The van der Waals surface area contributed by atoms with Crippen molar-refractivity contribution in [2.75, 3.05) is 7.11 Å². The van der Waals surface area contributed by atoms with Gasteiger partial charge in [-0.1, -0.05) is 13.8 Å². The van der Waals surface area contributed by atoms with Gasteiger partial charge in [0.05, 0.1) is 12.4 Å². The number of hydrogen-bond donors (Lipinski definition) is 0. The first-order valence-electron chi connectivity index (χ1n) is 3.06. The van der Waals surface area contributed by atoms with E-state index in [0.29, 0.717) is 5.92 Å². The molecule has 0 N–H and O–H groups in total. The van der Waals surface area contributed by atoms with Crippen molar-refractivity contribution in [3.05, 3.63) is 9.98 Å². The van der Waals surface area contributed by atoms with E-state index in [2.05, 4.69) is 60.8 Å². The average Bonchev–Trinajstić information content (AvgIpc) is 1.85. The highest BCUT2D eigenvalue weighted by atomic mass is 79.9. The van der Waals surface area contributed by atoms with Gasteiger partial charge in [-0.3, -0.25) is 0 Å². The van der Waals surface area contributed by atoms with Gasteiger partial charge in [-0.25, -0.2) is 0 Å². The molecule has 0 aromatic rings. The highest BCUT2D eigenvalue weighted by Gasteiger charge is 2.15. The predicted octanol–water partition coefficient (Wildman–Crippen LogP) is 4.95. The van der Waals surface area contributed by atoms with Gasteiger partial charge in [0.2, 0.25) is 0 Å². The summed E-state index contributed by atoms with van der Waals surface area (Å²) in [6.07, 6.45) is 0. The van der Waals surface area contributed by atoms with Crippen LogP contribution < -0.4 is 0 Å². The Hall–Kier alpha value is 1.41.